The molecule has 92 valence electrons. The van der Waals surface area contributed by atoms with Gasteiger partial charge in [0.1, 0.15) is 0 Å². The van der Waals surface area contributed by atoms with Gasteiger partial charge in [0.05, 0.1) is 13.2 Å². The zero-order valence-electron chi connectivity index (χ0n) is 9.91. The molecule has 3 rings (SSSR count). The van der Waals surface area contributed by atoms with Crippen LogP contribution in [-0.4, -0.2) is 30.7 Å². The Kier molecular flexibility index (Phi) is 2.73. The van der Waals surface area contributed by atoms with Gasteiger partial charge in [-0.15, -0.1) is 0 Å². The summed E-state index contributed by atoms with van der Waals surface area (Å²) in [4.78, 5) is 0. The molecule has 3 fully saturated rings. The molecule has 0 aromatic carbocycles. The Morgan fingerprint density at radius 3 is 2.62 bits per heavy atom. The van der Waals surface area contributed by atoms with Gasteiger partial charge < -0.3 is 14.6 Å². The van der Waals surface area contributed by atoms with E-state index in [4.69, 9.17) is 9.47 Å². The molecule has 2 saturated carbocycles. The molecule has 1 heterocycles. The molecule has 0 radical (unpaired) electrons. The highest BCUT2D eigenvalue weighted by molar-refractivity contribution is 4.97. The summed E-state index contributed by atoms with van der Waals surface area (Å²) in [5, 5.41) is 9.27. The number of aliphatic hydroxyl groups excluding tert-OH is 1. The van der Waals surface area contributed by atoms with E-state index >= 15 is 0 Å². The maximum atomic E-state index is 9.27. The van der Waals surface area contributed by atoms with Crippen LogP contribution in [0.1, 0.15) is 44.9 Å². The van der Waals surface area contributed by atoms with Crippen LogP contribution < -0.4 is 0 Å². The number of rotatable bonds is 1. The minimum atomic E-state index is -0.247. The predicted octanol–water partition coefficient (Wildman–Crippen LogP) is 2.08. The van der Waals surface area contributed by atoms with Gasteiger partial charge in [-0.2, -0.15) is 0 Å². The smallest absolute Gasteiger partial charge is 0.169 e. The number of aliphatic hydroxyl groups is 1. The summed E-state index contributed by atoms with van der Waals surface area (Å²) in [6.07, 6.45) is 8.28. The standard InChI is InChI=1S/C13H22O3/c14-9-11-2-5-12(8-11)3-1-4-13(10-12)15-6-7-16-13/h11,14H,1-10H2/t11-,12+/m1/s1. The van der Waals surface area contributed by atoms with Crippen LogP contribution in [-0.2, 0) is 9.47 Å². The third-order valence-electron chi connectivity index (χ3n) is 4.79. The summed E-state index contributed by atoms with van der Waals surface area (Å²) in [5.74, 6) is 0.277. The summed E-state index contributed by atoms with van der Waals surface area (Å²) in [6.45, 7) is 1.88. The van der Waals surface area contributed by atoms with Crippen LogP contribution in [0, 0.1) is 11.3 Å². The Labute approximate surface area is 97.1 Å². The van der Waals surface area contributed by atoms with Gasteiger partial charge >= 0.3 is 0 Å². The minimum Gasteiger partial charge on any atom is -0.396 e. The van der Waals surface area contributed by atoms with Crippen LogP contribution in [0.5, 0.6) is 0 Å². The van der Waals surface area contributed by atoms with Crippen molar-refractivity contribution < 1.29 is 14.6 Å². The van der Waals surface area contributed by atoms with Gasteiger partial charge in [-0.05, 0) is 43.4 Å². The van der Waals surface area contributed by atoms with Crippen molar-refractivity contribution >= 4 is 0 Å². The average molecular weight is 226 g/mol. The largest absolute Gasteiger partial charge is 0.396 e. The first-order valence-electron chi connectivity index (χ1n) is 6.65. The van der Waals surface area contributed by atoms with E-state index in [1.165, 1.54) is 32.1 Å². The van der Waals surface area contributed by atoms with E-state index in [2.05, 4.69) is 0 Å². The van der Waals surface area contributed by atoms with Crippen molar-refractivity contribution in [2.24, 2.45) is 11.3 Å². The van der Waals surface area contributed by atoms with Crippen molar-refractivity contribution in [3.05, 3.63) is 0 Å². The molecular weight excluding hydrogens is 204 g/mol. The molecule has 0 amide bonds. The second-order valence-electron chi connectivity index (χ2n) is 5.93. The third kappa shape index (κ3) is 1.79. The lowest BCUT2D eigenvalue weighted by atomic mass is 9.70. The lowest BCUT2D eigenvalue weighted by Gasteiger charge is -2.43. The summed E-state index contributed by atoms with van der Waals surface area (Å²) in [7, 11) is 0. The summed E-state index contributed by atoms with van der Waals surface area (Å²) < 4.78 is 11.7. The fourth-order valence-electron chi connectivity index (χ4n) is 4.09. The zero-order chi connectivity index (χ0) is 11.1. The summed E-state index contributed by atoms with van der Waals surface area (Å²) in [5.41, 5.74) is 0.413. The van der Waals surface area contributed by atoms with Crippen LogP contribution in [0.3, 0.4) is 0 Å². The molecule has 0 unspecified atom stereocenters. The second kappa shape index (κ2) is 3.97. The maximum absolute atomic E-state index is 9.27. The molecule has 1 saturated heterocycles. The molecule has 2 atom stereocenters. The number of hydrogen-bond acceptors (Lipinski definition) is 3. The van der Waals surface area contributed by atoms with E-state index in [0.29, 0.717) is 17.9 Å². The van der Waals surface area contributed by atoms with Gasteiger partial charge in [-0.1, -0.05) is 0 Å². The highest BCUT2D eigenvalue weighted by Crippen LogP contribution is 2.55. The Hall–Kier alpha value is -0.120. The minimum absolute atomic E-state index is 0.247. The average Bonchev–Trinajstić information content (AvgIpc) is 2.87. The van der Waals surface area contributed by atoms with Crippen molar-refractivity contribution in [2.75, 3.05) is 19.8 Å². The predicted molar refractivity (Wildman–Crippen MR) is 60.0 cm³/mol. The third-order valence-corrected chi connectivity index (χ3v) is 4.79. The van der Waals surface area contributed by atoms with Crippen LogP contribution in [0.2, 0.25) is 0 Å². The van der Waals surface area contributed by atoms with E-state index < -0.39 is 0 Å². The van der Waals surface area contributed by atoms with Crippen LogP contribution in [0.15, 0.2) is 0 Å². The molecule has 2 spiro atoms. The lowest BCUT2D eigenvalue weighted by molar-refractivity contribution is -0.201. The fraction of sp³-hybridized carbons (Fsp3) is 1.00. The van der Waals surface area contributed by atoms with E-state index in [-0.39, 0.29) is 5.79 Å². The van der Waals surface area contributed by atoms with Gasteiger partial charge in [0.2, 0.25) is 0 Å². The summed E-state index contributed by atoms with van der Waals surface area (Å²) >= 11 is 0. The Bertz CT molecular complexity index is 260. The molecule has 16 heavy (non-hydrogen) atoms. The molecule has 0 bridgehead atoms. The van der Waals surface area contributed by atoms with Gasteiger partial charge in [0.15, 0.2) is 5.79 Å². The SMILES string of the molecule is OC[C@@H]1CC[C@@]2(CCCC3(C2)OCCO3)C1. The normalized spacial score (nSPS) is 42.2. The monoisotopic (exact) mass is 226 g/mol. The van der Waals surface area contributed by atoms with Crippen LogP contribution in [0.25, 0.3) is 0 Å². The van der Waals surface area contributed by atoms with Crippen LogP contribution >= 0.6 is 0 Å². The highest BCUT2D eigenvalue weighted by Gasteiger charge is 2.50. The van der Waals surface area contributed by atoms with Crippen LogP contribution in [0.4, 0.5) is 0 Å². The Balaban J connectivity index is 1.72. The fourth-order valence-corrected chi connectivity index (χ4v) is 4.09. The van der Waals surface area contributed by atoms with Gasteiger partial charge in [-0.25, -0.2) is 0 Å². The second-order valence-corrected chi connectivity index (χ2v) is 5.93. The maximum Gasteiger partial charge on any atom is 0.169 e. The molecule has 1 N–H and O–H groups in total. The molecule has 1 aliphatic heterocycles. The van der Waals surface area contributed by atoms with Crippen molar-refractivity contribution in [3.63, 3.8) is 0 Å². The molecule has 3 nitrogen and oxygen atoms in total. The topological polar surface area (TPSA) is 38.7 Å². The first kappa shape index (κ1) is 11.0. The van der Waals surface area contributed by atoms with Gasteiger partial charge in [0, 0.05) is 19.4 Å². The van der Waals surface area contributed by atoms with Crippen molar-refractivity contribution in [2.45, 2.75) is 50.7 Å². The van der Waals surface area contributed by atoms with Crippen molar-refractivity contribution in [1.82, 2.24) is 0 Å². The molecule has 0 aromatic rings. The number of ether oxygens (including phenoxy) is 2. The molecule has 3 aliphatic rings. The Morgan fingerprint density at radius 2 is 1.94 bits per heavy atom. The summed E-state index contributed by atoms with van der Waals surface area (Å²) in [6, 6.07) is 0. The first-order chi connectivity index (χ1) is 7.76. The first-order valence-corrected chi connectivity index (χ1v) is 6.65. The molecular formula is C13H22O3. The molecule has 2 aliphatic carbocycles. The highest BCUT2D eigenvalue weighted by atomic mass is 16.7. The van der Waals surface area contributed by atoms with E-state index in [0.717, 1.165) is 26.1 Å². The van der Waals surface area contributed by atoms with E-state index in [1.54, 1.807) is 0 Å². The van der Waals surface area contributed by atoms with Crippen molar-refractivity contribution in [1.29, 1.82) is 0 Å². The van der Waals surface area contributed by atoms with Gasteiger partial charge in [-0.3, -0.25) is 0 Å². The van der Waals surface area contributed by atoms with E-state index in [9.17, 15) is 5.11 Å². The van der Waals surface area contributed by atoms with Gasteiger partial charge in [0.25, 0.3) is 0 Å². The molecule has 0 aromatic heterocycles. The lowest BCUT2D eigenvalue weighted by Crippen LogP contribution is -2.41. The van der Waals surface area contributed by atoms with Crippen molar-refractivity contribution in [3.8, 4) is 0 Å². The zero-order valence-corrected chi connectivity index (χ0v) is 9.91. The quantitative estimate of drug-likeness (QED) is 0.744. The van der Waals surface area contributed by atoms with E-state index in [1.807, 2.05) is 0 Å². The number of hydrogen-bond donors (Lipinski definition) is 1. The molecule has 3 heteroatoms. The Morgan fingerprint density at radius 1 is 1.12 bits per heavy atom.